The minimum Gasteiger partial charge on any atom is -0.490 e. The summed E-state index contributed by atoms with van der Waals surface area (Å²) in [6.07, 6.45) is 0. The monoisotopic (exact) mass is 472 g/mol. The minimum absolute atomic E-state index is 0.372. The predicted molar refractivity (Wildman–Crippen MR) is 126 cm³/mol. The summed E-state index contributed by atoms with van der Waals surface area (Å²) in [6, 6.07) is 7.21. The van der Waals surface area contributed by atoms with Crippen LogP contribution in [0.25, 0.3) is 10.2 Å². The van der Waals surface area contributed by atoms with E-state index in [0.717, 1.165) is 10.2 Å². The maximum absolute atomic E-state index is 13.2. The molecule has 2 aromatic carbocycles. The molecule has 0 atom stereocenters. The third kappa shape index (κ3) is 4.64. The van der Waals surface area contributed by atoms with E-state index in [-0.39, 0.29) is 5.91 Å². The number of hydrogen-bond donors (Lipinski definition) is 0. The number of carbonyl (C=O) groups excluding carboxylic acids is 1. The van der Waals surface area contributed by atoms with Gasteiger partial charge in [-0.3, -0.25) is 4.79 Å². The highest BCUT2D eigenvalue weighted by atomic mass is 32.1. The Balaban J connectivity index is 1.80. The summed E-state index contributed by atoms with van der Waals surface area (Å²) in [5.41, 5.74) is 1.33. The Morgan fingerprint density at radius 1 is 0.939 bits per heavy atom. The number of benzene rings is 2. The van der Waals surface area contributed by atoms with Crippen molar-refractivity contribution in [3.63, 3.8) is 0 Å². The highest BCUT2D eigenvalue weighted by Gasteiger charge is 2.20. The average molecular weight is 473 g/mol. The molecule has 0 N–H and O–H groups in total. The van der Waals surface area contributed by atoms with Gasteiger partial charge in [0.2, 0.25) is 5.75 Å². The first-order valence-electron chi connectivity index (χ1n) is 11.2. The summed E-state index contributed by atoms with van der Waals surface area (Å²) in [5, 5.41) is 0. The zero-order chi connectivity index (χ0) is 23.4. The van der Waals surface area contributed by atoms with Crippen molar-refractivity contribution in [1.82, 2.24) is 4.57 Å². The van der Waals surface area contributed by atoms with Crippen molar-refractivity contribution in [2.24, 2.45) is 4.99 Å². The third-order valence-electron chi connectivity index (χ3n) is 5.02. The van der Waals surface area contributed by atoms with Gasteiger partial charge in [0.05, 0.1) is 30.0 Å². The smallest absolute Gasteiger partial charge is 0.279 e. The number of thiazole rings is 1. The lowest BCUT2D eigenvalue weighted by Gasteiger charge is -2.18. The van der Waals surface area contributed by atoms with Crippen LogP contribution < -0.4 is 28.5 Å². The van der Waals surface area contributed by atoms with E-state index in [1.165, 1.54) is 11.3 Å². The fourth-order valence-corrected chi connectivity index (χ4v) is 4.76. The molecule has 9 heteroatoms. The number of aryl methyl sites for hydroxylation is 1. The zero-order valence-electron chi connectivity index (χ0n) is 19.3. The fourth-order valence-electron chi connectivity index (χ4n) is 3.66. The lowest BCUT2D eigenvalue weighted by molar-refractivity contribution is 0.0996. The molecule has 2 heterocycles. The van der Waals surface area contributed by atoms with Crippen LogP contribution in [0.5, 0.6) is 28.7 Å². The number of carbonyl (C=O) groups is 1. The molecule has 4 rings (SSSR count). The van der Waals surface area contributed by atoms with Gasteiger partial charge in [0.1, 0.15) is 13.2 Å². The number of hydrogen-bond acceptors (Lipinski definition) is 7. The predicted octanol–water partition coefficient (Wildman–Crippen LogP) is 4.43. The van der Waals surface area contributed by atoms with Crippen LogP contribution in [0, 0.1) is 0 Å². The first-order chi connectivity index (χ1) is 16.1. The normalized spacial score (nSPS) is 13.3. The molecule has 0 aliphatic carbocycles. The molecule has 3 aromatic rings. The molecule has 0 bridgehead atoms. The van der Waals surface area contributed by atoms with Crippen LogP contribution in [0.2, 0.25) is 0 Å². The Morgan fingerprint density at radius 2 is 1.55 bits per heavy atom. The highest BCUT2D eigenvalue weighted by molar-refractivity contribution is 7.16. The second-order valence-corrected chi connectivity index (χ2v) is 8.12. The molecule has 1 aromatic heterocycles. The van der Waals surface area contributed by atoms with Crippen LogP contribution in [-0.2, 0) is 6.54 Å². The zero-order valence-corrected chi connectivity index (χ0v) is 20.1. The van der Waals surface area contributed by atoms with Crippen LogP contribution in [0.1, 0.15) is 38.1 Å². The van der Waals surface area contributed by atoms with E-state index < -0.39 is 0 Å². The molecule has 0 saturated carbocycles. The summed E-state index contributed by atoms with van der Waals surface area (Å²) in [7, 11) is 0. The van der Waals surface area contributed by atoms with Crippen molar-refractivity contribution in [2.75, 3.05) is 33.0 Å². The van der Waals surface area contributed by atoms with E-state index in [2.05, 4.69) is 4.99 Å². The van der Waals surface area contributed by atoms with Crippen LogP contribution in [0.3, 0.4) is 0 Å². The van der Waals surface area contributed by atoms with Crippen LogP contribution in [0.4, 0.5) is 0 Å². The molecule has 1 amide bonds. The molecular formula is C24H28N2O6S. The van der Waals surface area contributed by atoms with Crippen molar-refractivity contribution in [3.05, 3.63) is 34.6 Å². The number of rotatable bonds is 8. The van der Waals surface area contributed by atoms with Crippen molar-refractivity contribution in [3.8, 4) is 28.7 Å². The molecule has 33 heavy (non-hydrogen) atoms. The number of nitrogens with zero attached hydrogens (tertiary/aromatic N) is 2. The van der Waals surface area contributed by atoms with Crippen molar-refractivity contribution in [2.45, 2.75) is 34.2 Å². The highest BCUT2D eigenvalue weighted by Crippen LogP contribution is 2.39. The lowest BCUT2D eigenvalue weighted by atomic mass is 10.1. The Labute approximate surface area is 196 Å². The summed E-state index contributed by atoms with van der Waals surface area (Å²) in [4.78, 5) is 18.3. The van der Waals surface area contributed by atoms with Gasteiger partial charge in [0, 0.05) is 24.2 Å². The number of fused-ring (bicyclic) bond motifs is 2. The van der Waals surface area contributed by atoms with Crippen LogP contribution in [0.15, 0.2) is 29.3 Å². The van der Waals surface area contributed by atoms with Crippen LogP contribution in [-0.4, -0.2) is 43.5 Å². The van der Waals surface area contributed by atoms with Crippen molar-refractivity contribution in [1.29, 1.82) is 0 Å². The van der Waals surface area contributed by atoms with E-state index in [9.17, 15) is 4.79 Å². The van der Waals surface area contributed by atoms with Gasteiger partial charge in [-0.15, -0.1) is 0 Å². The standard InChI is InChI=1S/C24H28N2O6S/c1-5-26-16-13-17-18(32-10-9-31-17)14-21(16)33-24(26)25-23(27)15-11-19(28-6-2)22(30-8-4)20(12-15)29-7-3/h11-14H,5-10H2,1-4H3. The second kappa shape index (κ2) is 10.2. The maximum atomic E-state index is 13.2. The molecule has 8 nitrogen and oxygen atoms in total. The van der Waals surface area contributed by atoms with E-state index in [0.29, 0.717) is 78.7 Å². The summed E-state index contributed by atoms with van der Waals surface area (Å²) in [6.45, 7) is 10.7. The van der Waals surface area contributed by atoms with Crippen molar-refractivity contribution < 1.29 is 28.5 Å². The van der Waals surface area contributed by atoms with Gasteiger partial charge in [-0.1, -0.05) is 11.3 Å². The minimum atomic E-state index is -0.383. The van der Waals surface area contributed by atoms with E-state index in [1.54, 1.807) is 12.1 Å². The topological polar surface area (TPSA) is 80.5 Å². The first-order valence-corrected chi connectivity index (χ1v) is 12.0. The fraction of sp³-hybridized carbons (Fsp3) is 0.417. The molecule has 0 fully saturated rings. The molecule has 176 valence electrons. The van der Waals surface area contributed by atoms with Gasteiger partial charge in [-0.25, -0.2) is 0 Å². The first kappa shape index (κ1) is 23.0. The van der Waals surface area contributed by atoms with E-state index in [1.807, 2.05) is 44.4 Å². The molecular weight excluding hydrogens is 444 g/mol. The molecule has 0 unspecified atom stereocenters. The Morgan fingerprint density at radius 3 is 2.12 bits per heavy atom. The van der Waals surface area contributed by atoms with Gasteiger partial charge in [-0.2, -0.15) is 4.99 Å². The van der Waals surface area contributed by atoms with Crippen molar-refractivity contribution >= 4 is 27.5 Å². The Hall–Kier alpha value is -3.20. The number of ether oxygens (including phenoxy) is 5. The van der Waals surface area contributed by atoms with Gasteiger partial charge in [0.15, 0.2) is 27.8 Å². The van der Waals surface area contributed by atoms with E-state index in [4.69, 9.17) is 23.7 Å². The van der Waals surface area contributed by atoms with Gasteiger partial charge >= 0.3 is 0 Å². The quantitative estimate of drug-likeness (QED) is 0.483. The Bertz CT molecular complexity index is 1200. The third-order valence-corrected chi connectivity index (χ3v) is 6.06. The number of amides is 1. The summed E-state index contributed by atoms with van der Waals surface area (Å²) in [5.74, 6) is 2.46. The molecule has 0 saturated heterocycles. The van der Waals surface area contributed by atoms with E-state index >= 15 is 0 Å². The molecule has 1 aliphatic heterocycles. The van der Waals surface area contributed by atoms with Gasteiger partial charge < -0.3 is 28.3 Å². The average Bonchev–Trinajstić information content (AvgIpc) is 3.15. The SMILES string of the molecule is CCOc1cc(C(=O)N=c2sc3cc4c(cc3n2CC)OCCO4)cc(OCC)c1OCC. The molecule has 0 spiro atoms. The molecule has 0 radical (unpaired) electrons. The summed E-state index contributed by atoms with van der Waals surface area (Å²) < 4.78 is 31.6. The number of aromatic nitrogens is 1. The van der Waals surface area contributed by atoms with Gasteiger partial charge in [0.25, 0.3) is 5.91 Å². The Kier molecular flexibility index (Phi) is 7.08. The lowest BCUT2D eigenvalue weighted by Crippen LogP contribution is -2.17. The summed E-state index contributed by atoms with van der Waals surface area (Å²) >= 11 is 1.44. The second-order valence-electron chi connectivity index (χ2n) is 7.11. The maximum Gasteiger partial charge on any atom is 0.279 e. The van der Waals surface area contributed by atoms with Gasteiger partial charge in [-0.05, 0) is 39.8 Å². The van der Waals surface area contributed by atoms with Crippen LogP contribution >= 0.6 is 11.3 Å². The largest absolute Gasteiger partial charge is 0.490 e. The molecule has 1 aliphatic rings.